The van der Waals surface area contributed by atoms with Crippen LogP contribution in [0, 0.1) is 5.92 Å². The van der Waals surface area contributed by atoms with Gasteiger partial charge in [-0.1, -0.05) is 43.2 Å². The number of esters is 1. The maximum Gasteiger partial charge on any atom is 0.337 e. The van der Waals surface area contributed by atoms with E-state index >= 15 is 0 Å². The summed E-state index contributed by atoms with van der Waals surface area (Å²) >= 11 is 0. The van der Waals surface area contributed by atoms with Gasteiger partial charge in [0, 0.05) is 12.0 Å². The molecule has 1 aliphatic rings. The minimum Gasteiger partial charge on any atom is -0.465 e. The third kappa shape index (κ3) is 14.7. The molecule has 0 aliphatic heterocycles. The molecule has 0 heterocycles. The van der Waals surface area contributed by atoms with Gasteiger partial charge in [0.25, 0.3) is 5.91 Å². The molecule has 15 heteroatoms. The third-order valence-corrected chi connectivity index (χ3v) is 9.67. The molecule has 302 valence electrons. The van der Waals surface area contributed by atoms with E-state index in [0.717, 1.165) is 35.9 Å². The number of nitrogens with zero attached hydrogens (tertiary/aromatic N) is 1. The Labute approximate surface area is 323 Å². The highest BCUT2D eigenvalue weighted by Gasteiger charge is 2.36. The van der Waals surface area contributed by atoms with E-state index < -0.39 is 78.9 Å². The van der Waals surface area contributed by atoms with Crippen molar-refractivity contribution < 1.29 is 48.2 Å². The second-order valence-corrected chi connectivity index (χ2v) is 15.2. The molecule has 55 heavy (non-hydrogen) atoms. The molecule has 1 fully saturated rings. The first-order valence-corrected chi connectivity index (χ1v) is 18.9. The summed E-state index contributed by atoms with van der Waals surface area (Å²) in [6, 6.07) is 9.78. The Hall–Kier alpha value is -4.86. The maximum absolute atomic E-state index is 13.9. The average molecular weight is 768 g/mol. The number of hydrogen-bond acceptors (Lipinski definition) is 9. The SMILES string of the molecule is COC(=O)c1ccc(C(=O)N[C@@H](Cc2ccccc2)C(=O)N[C@@H](C)C(=O)NC(C(=O)N[C@@H](CCCC[N+](C)(C)C)C(=O)NC(CO)CO)C2CCCC2)cc1. The molecule has 7 N–H and O–H groups in total. The van der Waals surface area contributed by atoms with Crippen LogP contribution in [0.4, 0.5) is 0 Å². The molecule has 0 aromatic heterocycles. The predicted octanol–water partition coefficient (Wildman–Crippen LogP) is 0.825. The van der Waals surface area contributed by atoms with Crippen molar-refractivity contribution in [2.24, 2.45) is 5.92 Å². The van der Waals surface area contributed by atoms with Crippen molar-refractivity contribution in [2.45, 2.75) is 88.5 Å². The van der Waals surface area contributed by atoms with Gasteiger partial charge in [0.1, 0.15) is 24.2 Å². The molecule has 1 saturated carbocycles. The molecule has 4 atom stereocenters. The monoisotopic (exact) mass is 767 g/mol. The topological polar surface area (TPSA) is 212 Å². The number of amides is 5. The van der Waals surface area contributed by atoms with Crippen LogP contribution in [0.3, 0.4) is 0 Å². The Kier molecular flexibility index (Phi) is 17.7. The van der Waals surface area contributed by atoms with E-state index in [-0.39, 0.29) is 23.5 Å². The summed E-state index contributed by atoms with van der Waals surface area (Å²) in [5.74, 6) is -3.65. The van der Waals surface area contributed by atoms with Crippen molar-refractivity contribution in [3.63, 3.8) is 0 Å². The molecule has 0 radical (unpaired) electrons. The lowest BCUT2D eigenvalue weighted by atomic mass is 9.96. The quantitative estimate of drug-likeness (QED) is 0.0544. The zero-order valence-electron chi connectivity index (χ0n) is 32.6. The first kappa shape index (κ1) is 44.5. The Morgan fingerprint density at radius 1 is 0.727 bits per heavy atom. The summed E-state index contributed by atoms with van der Waals surface area (Å²) in [5.41, 5.74) is 1.23. The average Bonchev–Trinajstić information content (AvgIpc) is 3.71. The molecule has 2 aromatic rings. The summed E-state index contributed by atoms with van der Waals surface area (Å²) in [7, 11) is 7.44. The number of methoxy groups -OCH3 is 1. The van der Waals surface area contributed by atoms with Gasteiger partial charge in [0.15, 0.2) is 0 Å². The molecule has 1 aliphatic carbocycles. The van der Waals surface area contributed by atoms with Crippen LogP contribution in [0.1, 0.15) is 78.1 Å². The number of rotatable bonds is 21. The Bertz CT molecular complexity index is 1570. The number of ether oxygens (including phenoxy) is 1. The van der Waals surface area contributed by atoms with Gasteiger partial charge in [-0.2, -0.15) is 0 Å². The van der Waals surface area contributed by atoms with Crippen molar-refractivity contribution in [3.8, 4) is 0 Å². The Morgan fingerprint density at radius 3 is 1.91 bits per heavy atom. The van der Waals surface area contributed by atoms with Crippen LogP contribution in [0.5, 0.6) is 0 Å². The number of unbranched alkanes of at least 4 members (excludes halogenated alkanes) is 1. The highest BCUT2D eigenvalue weighted by atomic mass is 16.5. The highest BCUT2D eigenvalue weighted by molar-refractivity contribution is 6.00. The Balaban J connectivity index is 1.75. The number of hydrogen-bond donors (Lipinski definition) is 7. The van der Waals surface area contributed by atoms with Crippen molar-refractivity contribution >= 4 is 35.5 Å². The van der Waals surface area contributed by atoms with Crippen molar-refractivity contribution in [1.29, 1.82) is 0 Å². The number of aliphatic hydroxyl groups excluding tert-OH is 2. The van der Waals surface area contributed by atoms with E-state index in [1.165, 1.54) is 38.3 Å². The fourth-order valence-electron chi connectivity index (χ4n) is 6.44. The van der Waals surface area contributed by atoms with Crippen LogP contribution >= 0.6 is 0 Å². The fourth-order valence-corrected chi connectivity index (χ4v) is 6.44. The number of nitrogens with one attached hydrogen (secondary N) is 5. The van der Waals surface area contributed by atoms with Crippen LogP contribution < -0.4 is 26.6 Å². The van der Waals surface area contributed by atoms with Crippen molar-refractivity contribution in [2.75, 3.05) is 48.0 Å². The molecular weight excluding hydrogens is 708 g/mol. The van der Waals surface area contributed by atoms with Gasteiger partial charge in [-0.05, 0) is 74.8 Å². The fraction of sp³-hybridized carbons (Fsp3) is 0.550. The van der Waals surface area contributed by atoms with Gasteiger partial charge in [-0.25, -0.2) is 4.79 Å². The summed E-state index contributed by atoms with van der Waals surface area (Å²) < 4.78 is 5.45. The number of benzene rings is 2. The molecule has 0 saturated heterocycles. The predicted molar refractivity (Wildman–Crippen MR) is 205 cm³/mol. The third-order valence-electron chi connectivity index (χ3n) is 9.67. The normalized spacial score (nSPS) is 15.3. The van der Waals surface area contributed by atoms with Crippen molar-refractivity contribution in [1.82, 2.24) is 26.6 Å². The van der Waals surface area contributed by atoms with Crippen molar-refractivity contribution in [3.05, 3.63) is 71.3 Å². The van der Waals surface area contributed by atoms with E-state index in [9.17, 15) is 39.0 Å². The summed E-state index contributed by atoms with van der Waals surface area (Å²) in [5, 5.41) is 32.8. The van der Waals surface area contributed by atoms with Gasteiger partial charge < -0.3 is 46.0 Å². The maximum atomic E-state index is 13.9. The van der Waals surface area contributed by atoms with Crippen LogP contribution in [0.25, 0.3) is 0 Å². The van der Waals surface area contributed by atoms with E-state index in [0.29, 0.717) is 25.7 Å². The van der Waals surface area contributed by atoms with Gasteiger partial charge in [0.05, 0.1) is 59.6 Å². The van der Waals surface area contributed by atoms with E-state index in [2.05, 4.69) is 47.7 Å². The number of quaternary nitrogens is 1. The Morgan fingerprint density at radius 2 is 1.33 bits per heavy atom. The lowest BCUT2D eigenvalue weighted by Crippen LogP contribution is -2.59. The number of carbonyl (C=O) groups excluding carboxylic acids is 6. The van der Waals surface area contributed by atoms with Gasteiger partial charge in [0.2, 0.25) is 23.6 Å². The number of carbonyl (C=O) groups is 6. The largest absolute Gasteiger partial charge is 0.465 e. The van der Waals surface area contributed by atoms with Crippen LogP contribution in [0.15, 0.2) is 54.6 Å². The molecular formula is C40H59N6O9+. The lowest BCUT2D eigenvalue weighted by molar-refractivity contribution is -0.870. The van der Waals surface area contributed by atoms with E-state index in [1.807, 2.05) is 18.2 Å². The standard InChI is InChI=1S/C40H58N6O9/c1-26(41-38(52)33(23-27-13-7-6-8-14-27)44-36(50)29-18-20-30(21-19-29)40(54)55-5)35(49)45-34(28-15-9-10-16-28)39(53)43-32(17-11-12-22-46(2,3)4)37(51)42-31(24-47)25-48/h6-8,13-14,18-21,26,28,31-34,47-48H,9-12,15-17,22-25H2,1-5H3,(H4-,41,42,43,44,45,49,50,51,52,53)/p+1/t26-,32-,33-,34?/m0/s1. The minimum absolute atomic E-state index is 0.117. The van der Waals surface area contributed by atoms with E-state index in [1.54, 1.807) is 12.1 Å². The summed E-state index contributed by atoms with van der Waals surface area (Å²) in [6.07, 6.45) is 4.94. The zero-order valence-corrected chi connectivity index (χ0v) is 32.6. The van der Waals surface area contributed by atoms with Gasteiger partial charge in [-0.15, -0.1) is 0 Å². The first-order chi connectivity index (χ1) is 26.1. The first-order valence-electron chi connectivity index (χ1n) is 18.9. The molecule has 0 spiro atoms. The van der Waals surface area contributed by atoms with Crippen LogP contribution in [-0.4, -0.2) is 128 Å². The molecule has 5 amide bonds. The zero-order chi connectivity index (χ0) is 40.5. The summed E-state index contributed by atoms with van der Waals surface area (Å²) in [4.78, 5) is 79.7. The highest BCUT2D eigenvalue weighted by Crippen LogP contribution is 2.28. The minimum atomic E-state index is -1.11. The van der Waals surface area contributed by atoms with Crippen LogP contribution in [-0.2, 0) is 30.3 Å². The molecule has 0 bridgehead atoms. The number of aliphatic hydroxyl groups is 2. The molecule has 3 rings (SSSR count). The van der Waals surface area contributed by atoms with Gasteiger partial charge in [-0.3, -0.25) is 24.0 Å². The van der Waals surface area contributed by atoms with Gasteiger partial charge >= 0.3 is 5.97 Å². The molecule has 1 unspecified atom stereocenters. The van der Waals surface area contributed by atoms with E-state index in [4.69, 9.17) is 4.74 Å². The summed E-state index contributed by atoms with van der Waals surface area (Å²) in [6.45, 7) is 1.38. The smallest absolute Gasteiger partial charge is 0.337 e. The van der Waals surface area contributed by atoms with Crippen LogP contribution in [0.2, 0.25) is 0 Å². The second kappa shape index (κ2) is 21.9. The molecule has 15 nitrogen and oxygen atoms in total. The second-order valence-electron chi connectivity index (χ2n) is 15.2. The molecule has 2 aromatic carbocycles. The lowest BCUT2D eigenvalue weighted by Gasteiger charge is -2.29.